The number of rotatable bonds is 6. The van der Waals surface area contributed by atoms with Crippen LogP contribution in [0.5, 0.6) is 0 Å². The number of carbonyl (C=O) groups is 2. The first-order chi connectivity index (χ1) is 14.0. The molecular formula is C22H27FN4O2. The van der Waals surface area contributed by atoms with Gasteiger partial charge in [-0.05, 0) is 36.8 Å². The fourth-order valence-corrected chi connectivity index (χ4v) is 3.38. The molecule has 1 unspecified atom stereocenters. The first kappa shape index (κ1) is 20.8. The van der Waals surface area contributed by atoms with Gasteiger partial charge in [0.05, 0.1) is 6.04 Å². The van der Waals surface area contributed by atoms with Gasteiger partial charge in [0, 0.05) is 45.0 Å². The average Bonchev–Trinajstić information content (AvgIpc) is 2.75. The predicted molar refractivity (Wildman–Crippen MR) is 111 cm³/mol. The molecule has 0 saturated carbocycles. The zero-order chi connectivity index (χ0) is 20.6. The van der Waals surface area contributed by atoms with Crippen LogP contribution >= 0.6 is 0 Å². The van der Waals surface area contributed by atoms with Crippen molar-refractivity contribution >= 4 is 17.5 Å². The van der Waals surface area contributed by atoms with Gasteiger partial charge in [-0.3, -0.25) is 14.5 Å². The van der Waals surface area contributed by atoms with Gasteiger partial charge in [-0.1, -0.05) is 30.3 Å². The number of benzene rings is 2. The summed E-state index contributed by atoms with van der Waals surface area (Å²) in [5, 5.41) is 5.40. The SMILES string of the molecule is CC(NC(=O)C(=O)NCCN1CCN(c2ccc(F)cc2)CC1)c1ccccc1. The summed E-state index contributed by atoms with van der Waals surface area (Å²) in [7, 11) is 0. The first-order valence-electron chi connectivity index (χ1n) is 9.89. The quantitative estimate of drug-likeness (QED) is 0.730. The Labute approximate surface area is 170 Å². The summed E-state index contributed by atoms with van der Waals surface area (Å²) in [6, 6.07) is 15.8. The lowest BCUT2D eigenvalue weighted by atomic mass is 10.1. The molecule has 1 saturated heterocycles. The van der Waals surface area contributed by atoms with Crippen LogP contribution in [0.1, 0.15) is 18.5 Å². The summed E-state index contributed by atoms with van der Waals surface area (Å²) in [5.74, 6) is -1.47. The van der Waals surface area contributed by atoms with Gasteiger partial charge < -0.3 is 15.5 Å². The summed E-state index contributed by atoms with van der Waals surface area (Å²) >= 11 is 0. The van der Waals surface area contributed by atoms with Gasteiger partial charge >= 0.3 is 11.8 Å². The van der Waals surface area contributed by atoms with Crippen LogP contribution in [0, 0.1) is 5.82 Å². The molecule has 0 aromatic heterocycles. The van der Waals surface area contributed by atoms with Crippen molar-refractivity contribution in [3.05, 3.63) is 66.0 Å². The molecule has 2 amide bonds. The summed E-state index contributed by atoms with van der Waals surface area (Å²) in [6.45, 7) is 6.34. The number of nitrogens with zero attached hydrogens (tertiary/aromatic N) is 2. The highest BCUT2D eigenvalue weighted by Crippen LogP contribution is 2.16. The molecule has 3 rings (SSSR count). The van der Waals surface area contributed by atoms with Crippen LogP contribution in [0.3, 0.4) is 0 Å². The van der Waals surface area contributed by atoms with E-state index in [1.807, 2.05) is 37.3 Å². The van der Waals surface area contributed by atoms with Crippen molar-refractivity contribution in [2.24, 2.45) is 0 Å². The van der Waals surface area contributed by atoms with Gasteiger partial charge in [-0.15, -0.1) is 0 Å². The predicted octanol–water partition coefficient (Wildman–Crippen LogP) is 1.94. The third-order valence-electron chi connectivity index (χ3n) is 5.13. The Balaban J connectivity index is 1.35. The van der Waals surface area contributed by atoms with Crippen LogP contribution in [0.15, 0.2) is 54.6 Å². The number of piperazine rings is 1. The Bertz CT molecular complexity index is 805. The summed E-state index contributed by atoms with van der Waals surface area (Å²) in [4.78, 5) is 28.6. The highest BCUT2D eigenvalue weighted by molar-refractivity contribution is 6.35. The standard InChI is InChI=1S/C22H27FN4O2/c1-17(18-5-3-2-4-6-18)25-22(29)21(28)24-11-12-26-13-15-27(16-14-26)20-9-7-19(23)8-10-20/h2-10,17H,11-16H2,1H3,(H,24,28)(H,25,29). The zero-order valence-electron chi connectivity index (χ0n) is 16.6. The summed E-state index contributed by atoms with van der Waals surface area (Å²) < 4.78 is 13.0. The molecule has 1 heterocycles. The maximum Gasteiger partial charge on any atom is 0.309 e. The minimum absolute atomic E-state index is 0.228. The number of anilines is 1. The number of carbonyl (C=O) groups excluding carboxylic acids is 2. The highest BCUT2D eigenvalue weighted by Gasteiger charge is 2.19. The van der Waals surface area contributed by atoms with E-state index in [1.54, 1.807) is 12.1 Å². The Morgan fingerprint density at radius 3 is 2.28 bits per heavy atom. The third kappa shape index (κ3) is 6.02. The molecule has 1 atom stereocenters. The summed E-state index contributed by atoms with van der Waals surface area (Å²) in [6.07, 6.45) is 0. The van der Waals surface area contributed by atoms with Crippen LogP contribution in [0.2, 0.25) is 0 Å². The van der Waals surface area contributed by atoms with E-state index < -0.39 is 11.8 Å². The fourth-order valence-electron chi connectivity index (χ4n) is 3.38. The van der Waals surface area contributed by atoms with Crippen molar-refractivity contribution < 1.29 is 14.0 Å². The van der Waals surface area contributed by atoms with Gasteiger partial charge in [0.25, 0.3) is 0 Å². The van der Waals surface area contributed by atoms with Gasteiger partial charge in [-0.2, -0.15) is 0 Å². The Morgan fingerprint density at radius 1 is 0.966 bits per heavy atom. The second-order valence-electron chi connectivity index (χ2n) is 7.17. The molecule has 1 fully saturated rings. The lowest BCUT2D eigenvalue weighted by molar-refractivity contribution is -0.139. The van der Waals surface area contributed by atoms with Crippen molar-refractivity contribution in [1.29, 1.82) is 0 Å². The first-order valence-corrected chi connectivity index (χ1v) is 9.89. The van der Waals surface area contributed by atoms with Crippen LogP contribution in [0.4, 0.5) is 10.1 Å². The molecule has 2 N–H and O–H groups in total. The minimum atomic E-state index is -0.623. The summed E-state index contributed by atoms with van der Waals surface area (Å²) in [5.41, 5.74) is 1.97. The molecule has 6 nitrogen and oxygen atoms in total. The van der Waals surface area contributed by atoms with E-state index in [9.17, 15) is 14.0 Å². The second-order valence-corrected chi connectivity index (χ2v) is 7.17. The maximum atomic E-state index is 13.0. The molecule has 0 radical (unpaired) electrons. The normalized spacial score (nSPS) is 15.6. The van der Waals surface area contributed by atoms with E-state index >= 15 is 0 Å². The van der Waals surface area contributed by atoms with Crippen molar-refractivity contribution in [2.75, 3.05) is 44.2 Å². The van der Waals surface area contributed by atoms with E-state index in [4.69, 9.17) is 0 Å². The van der Waals surface area contributed by atoms with E-state index in [-0.39, 0.29) is 11.9 Å². The minimum Gasteiger partial charge on any atom is -0.369 e. The van der Waals surface area contributed by atoms with Crippen LogP contribution < -0.4 is 15.5 Å². The van der Waals surface area contributed by atoms with Crippen LogP contribution in [-0.4, -0.2) is 56.0 Å². The van der Waals surface area contributed by atoms with Crippen molar-refractivity contribution in [3.8, 4) is 0 Å². The molecule has 7 heteroatoms. The van der Waals surface area contributed by atoms with E-state index in [0.717, 1.165) is 37.4 Å². The van der Waals surface area contributed by atoms with Crippen molar-refractivity contribution in [1.82, 2.24) is 15.5 Å². The molecule has 154 valence electrons. The number of amides is 2. The molecular weight excluding hydrogens is 371 g/mol. The third-order valence-corrected chi connectivity index (χ3v) is 5.13. The molecule has 0 spiro atoms. The zero-order valence-corrected chi connectivity index (χ0v) is 16.6. The van der Waals surface area contributed by atoms with E-state index in [1.165, 1.54) is 12.1 Å². The van der Waals surface area contributed by atoms with E-state index in [2.05, 4.69) is 20.4 Å². The average molecular weight is 398 g/mol. The fraction of sp³-hybridized carbons (Fsp3) is 0.364. The topological polar surface area (TPSA) is 64.7 Å². The number of halogens is 1. The smallest absolute Gasteiger partial charge is 0.309 e. The highest BCUT2D eigenvalue weighted by atomic mass is 19.1. The van der Waals surface area contributed by atoms with Crippen molar-refractivity contribution in [3.63, 3.8) is 0 Å². The Kier molecular flexibility index (Phi) is 7.19. The number of hydrogen-bond acceptors (Lipinski definition) is 4. The molecule has 29 heavy (non-hydrogen) atoms. The van der Waals surface area contributed by atoms with Gasteiger partial charge in [0.15, 0.2) is 0 Å². The second kappa shape index (κ2) is 10.0. The molecule has 0 aliphatic carbocycles. The molecule has 1 aliphatic heterocycles. The number of hydrogen-bond donors (Lipinski definition) is 2. The lowest BCUT2D eigenvalue weighted by Gasteiger charge is -2.36. The molecule has 2 aromatic rings. The number of nitrogens with one attached hydrogen (secondary N) is 2. The lowest BCUT2D eigenvalue weighted by Crippen LogP contribution is -2.49. The van der Waals surface area contributed by atoms with Crippen LogP contribution in [0.25, 0.3) is 0 Å². The maximum absolute atomic E-state index is 13.0. The monoisotopic (exact) mass is 398 g/mol. The van der Waals surface area contributed by atoms with Gasteiger partial charge in [-0.25, -0.2) is 4.39 Å². The molecule has 1 aliphatic rings. The Hall–Kier alpha value is -2.93. The van der Waals surface area contributed by atoms with E-state index in [0.29, 0.717) is 13.1 Å². The van der Waals surface area contributed by atoms with Crippen LogP contribution in [-0.2, 0) is 9.59 Å². The van der Waals surface area contributed by atoms with Gasteiger partial charge in [0.2, 0.25) is 0 Å². The molecule has 0 bridgehead atoms. The molecule has 2 aromatic carbocycles. The van der Waals surface area contributed by atoms with Crippen molar-refractivity contribution in [2.45, 2.75) is 13.0 Å². The Morgan fingerprint density at radius 2 is 1.62 bits per heavy atom. The van der Waals surface area contributed by atoms with Gasteiger partial charge in [0.1, 0.15) is 5.82 Å². The largest absolute Gasteiger partial charge is 0.369 e.